The van der Waals surface area contributed by atoms with Gasteiger partial charge in [-0.3, -0.25) is 4.79 Å². The Kier molecular flexibility index (Phi) is 5.89. The van der Waals surface area contributed by atoms with Crippen LogP contribution in [-0.4, -0.2) is 30.1 Å². The van der Waals surface area contributed by atoms with Crippen LogP contribution in [0.25, 0.3) is 22.5 Å². The molecule has 0 fully saturated rings. The second kappa shape index (κ2) is 9.09. The molecule has 4 aromatic rings. The van der Waals surface area contributed by atoms with Crippen LogP contribution in [0.3, 0.4) is 0 Å². The summed E-state index contributed by atoms with van der Waals surface area (Å²) in [6.07, 6.45) is 0. The van der Waals surface area contributed by atoms with Gasteiger partial charge in [-0.25, -0.2) is 0 Å². The lowest BCUT2D eigenvalue weighted by Gasteiger charge is -2.09. The van der Waals surface area contributed by atoms with Crippen LogP contribution < -0.4 is 14.8 Å². The molecule has 4 rings (SSSR count). The summed E-state index contributed by atoms with van der Waals surface area (Å²) in [6, 6.07) is 26.5. The fourth-order valence-electron chi connectivity index (χ4n) is 3.13. The van der Waals surface area contributed by atoms with E-state index >= 15 is 0 Å². The van der Waals surface area contributed by atoms with Crippen LogP contribution in [0.15, 0.2) is 84.9 Å². The molecule has 31 heavy (non-hydrogen) atoms. The molecule has 0 atom stereocenters. The van der Waals surface area contributed by atoms with E-state index in [1.54, 1.807) is 6.07 Å². The van der Waals surface area contributed by atoms with Crippen molar-refractivity contribution in [3.63, 3.8) is 0 Å². The Hall–Kier alpha value is -4.19. The molecule has 0 radical (unpaired) electrons. The number of rotatable bonds is 6. The smallest absolute Gasteiger partial charge is 0.255 e. The molecule has 6 heteroatoms. The maximum Gasteiger partial charge on any atom is 0.255 e. The Balaban J connectivity index is 1.53. The second-order valence-corrected chi connectivity index (χ2v) is 6.75. The van der Waals surface area contributed by atoms with Gasteiger partial charge < -0.3 is 14.8 Å². The molecular weight excluding hydrogens is 390 g/mol. The van der Waals surface area contributed by atoms with Gasteiger partial charge in [-0.15, -0.1) is 0 Å². The van der Waals surface area contributed by atoms with E-state index in [0.717, 1.165) is 16.7 Å². The monoisotopic (exact) mass is 411 g/mol. The standard InChI is InChI=1S/C25H21N3O3/c1-30-22-16-23(31-2)28-24(27-22)20-9-6-10-21(15-20)26-25(29)19-13-11-18(12-14-19)17-7-4-3-5-8-17/h3-16H,1-2H3,(H,26,29). The highest BCUT2D eigenvalue weighted by Gasteiger charge is 2.11. The molecule has 3 aromatic carbocycles. The zero-order chi connectivity index (χ0) is 21.6. The number of amides is 1. The number of anilines is 1. The van der Waals surface area contributed by atoms with E-state index in [0.29, 0.717) is 28.8 Å². The molecule has 0 aliphatic carbocycles. The summed E-state index contributed by atoms with van der Waals surface area (Å²) in [6.45, 7) is 0. The molecule has 0 aliphatic heterocycles. The van der Waals surface area contributed by atoms with E-state index in [2.05, 4.69) is 15.3 Å². The molecule has 0 saturated heterocycles. The van der Waals surface area contributed by atoms with Crippen LogP contribution in [0.1, 0.15) is 10.4 Å². The predicted molar refractivity (Wildman–Crippen MR) is 120 cm³/mol. The fraction of sp³-hybridized carbons (Fsp3) is 0.0800. The molecule has 0 unspecified atom stereocenters. The lowest BCUT2D eigenvalue weighted by atomic mass is 10.0. The minimum absolute atomic E-state index is 0.194. The maximum atomic E-state index is 12.7. The van der Waals surface area contributed by atoms with Gasteiger partial charge in [-0.2, -0.15) is 9.97 Å². The fourth-order valence-corrected chi connectivity index (χ4v) is 3.13. The summed E-state index contributed by atoms with van der Waals surface area (Å²) in [7, 11) is 3.07. The number of benzene rings is 3. The van der Waals surface area contributed by atoms with Gasteiger partial charge >= 0.3 is 0 Å². The lowest BCUT2D eigenvalue weighted by molar-refractivity contribution is 0.102. The zero-order valence-corrected chi connectivity index (χ0v) is 17.2. The van der Waals surface area contributed by atoms with Gasteiger partial charge in [0.25, 0.3) is 5.91 Å². The van der Waals surface area contributed by atoms with Gasteiger partial charge in [0, 0.05) is 16.8 Å². The normalized spacial score (nSPS) is 10.4. The molecule has 6 nitrogen and oxygen atoms in total. The molecule has 1 N–H and O–H groups in total. The van der Waals surface area contributed by atoms with E-state index in [1.807, 2.05) is 78.9 Å². The van der Waals surface area contributed by atoms with Crippen molar-refractivity contribution in [1.82, 2.24) is 9.97 Å². The van der Waals surface area contributed by atoms with Crippen molar-refractivity contribution >= 4 is 11.6 Å². The Morgan fingerprint density at radius 3 is 1.97 bits per heavy atom. The lowest BCUT2D eigenvalue weighted by Crippen LogP contribution is -2.11. The van der Waals surface area contributed by atoms with Gasteiger partial charge in [0.15, 0.2) is 5.82 Å². The first-order valence-electron chi connectivity index (χ1n) is 9.70. The Labute approximate surface area is 180 Å². The van der Waals surface area contributed by atoms with Crippen molar-refractivity contribution in [2.24, 2.45) is 0 Å². The van der Waals surface area contributed by atoms with Crippen molar-refractivity contribution in [3.8, 4) is 34.3 Å². The van der Waals surface area contributed by atoms with Gasteiger partial charge in [-0.05, 0) is 35.4 Å². The number of aromatic nitrogens is 2. The van der Waals surface area contributed by atoms with E-state index in [9.17, 15) is 4.79 Å². The summed E-state index contributed by atoms with van der Waals surface area (Å²) in [5.41, 5.74) is 4.11. The van der Waals surface area contributed by atoms with Crippen LogP contribution in [0.4, 0.5) is 5.69 Å². The minimum atomic E-state index is -0.194. The van der Waals surface area contributed by atoms with Crippen LogP contribution in [-0.2, 0) is 0 Å². The van der Waals surface area contributed by atoms with E-state index in [1.165, 1.54) is 14.2 Å². The molecule has 0 spiro atoms. The summed E-state index contributed by atoms with van der Waals surface area (Å²) in [4.78, 5) is 21.5. The summed E-state index contributed by atoms with van der Waals surface area (Å²) >= 11 is 0. The highest BCUT2D eigenvalue weighted by atomic mass is 16.5. The van der Waals surface area contributed by atoms with Crippen molar-refractivity contribution in [2.45, 2.75) is 0 Å². The average molecular weight is 411 g/mol. The zero-order valence-electron chi connectivity index (χ0n) is 17.2. The largest absolute Gasteiger partial charge is 0.481 e. The molecule has 0 bridgehead atoms. The quantitative estimate of drug-likeness (QED) is 0.479. The predicted octanol–water partition coefficient (Wildman–Crippen LogP) is 5.08. The summed E-state index contributed by atoms with van der Waals surface area (Å²) < 4.78 is 10.4. The van der Waals surface area contributed by atoms with Crippen LogP contribution in [0.2, 0.25) is 0 Å². The number of carbonyl (C=O) groups is 1. The van der Waals surface area contributed by atoms with Gasteiger partial charge in [0.2, 0.25) is 11.8 Å². The number of hydrogen-bond acceptors (Lipinski definition) is 5. The van der Waals surface area contributed by atoms with Gasteiger partial charge in [0.1, 0.15) is 0 Å². The van der Waals surface area contributed by atoms with Crippen LogP contribution in [0.5, 0.6) is 11.8 Å². The number of nitrogens with one attached hydrogen (secondary N) is 1. The number of nitrogens with zero attached hydrogens (tertiary/aromatic N) is 2. The third-order valence-electron chi connectivity index (χ3n) is 4.73. The summed E-state index contributed by atoms with van der Waals surface area (Å²) in [5.74, 6) is 1.05. The first kappa shape index (κ1) is 20.1. The number of carbonyl (C=O) groups excluding carboxylic acids is 1. The third kappa shape index (κ3) is 4.70. The second-order valence-electron chi connectivity index (χ2n) is 6.75. The van der Waals surface area contributed by atoms with Crippen LogP contribution in [0, 0.1) is 0 Å². The first-order chi connectivity index (χ1) is 15.2. The maximum absolute atomic E-state index is 12.7. The Morgan fingerprint density at radius 1 is 0.710 bits per heavy atom. The highest BCUT2D eigenvalue weighted by Crippen LogP contribution is 2.25. The van der Waals surface area contributed by atoms with E-state index < -0.39 is 0 Å². The SMILES string of the molecule is COc1cc(OC)nc(-c2cccc(NC(=O)c3ccc(-c4ccccc4)cc3)c2)n1. The van der Waals surface area contributed by atoms with Crippen molar-refractivity contribution in [1.29, 1.82) is 0 Å². The number of methoxy groups -OCH3 is 2. The average Bonchev–Trinajstić information content (AvgIpc) is 2.84. The minimum Gasteiger partial charge on any atom is -0.481 e. The number of hydrogen-bond donors (Lipinski definition) is 1. The Morgan fingerprint density at radius 2 is 1.32 bits per heavy atom. The molecule has 154 valence electrons. The molecule has 1 aromatic heterocycles. The van der Waals surface area contributed by atoms with Crippen molar-refractivity contribution < 1.29 is 14.3 Å². The van der Waals surface area contributed by atoms with Gasteiger partial charge in [0.05, 0.1) is 20.3 Å². The molecule has 0 aliphatic rings. The number of ether oxygens (including phenoxy) is 2. The molecule has 0 saturated carbocycles. The van der Waals surface area contributed by atoms with E-state index in [-0.39, 0.29) is 5.91 Å². The summed E-state index contributed by atoms with van der Waals surface area (Å²) in [5, 5.41) is 2.93. The van der Waals surface area contributed by atoms with Crippen LogP contribution >= 0.6 is 0 Å². The highest BCUT2D eigenvalue weighted by molar-refractivity contribution is 6.04. The third-order valence-corrected chi connectivity index (χ3v) is 4.73. The molecular formula is C25H21N3O3. The topological polar surface area (TPSA) is 73.3 Å². The molecule has 1 amide bonds. The van der Waals surface area contributed by atoms with E-state index in [4.69, 9.17) is 9.47 Å². The Bertz CT molecular complexity index is 1170. The molecule has 1 heterocycles. The first-order valence-corrected chi connectivity index (χ1v) is 9.70. The van der Waals surface area contributed by atoms with Gasteiger partial charge in [-0.1, -0.05) is 54.6 Å². The van der Waals surface area contributed by atoms with Crippen molar-refractivity contribution in [2.75, 3.05) is 19.5 Å². The van der Waals surface area contributed by atoms with Crippen molar-refractivity contribution in [3.05, 3.63) is 90.5 Å².